The maximum Gasteiger partial charge on any atom is 0.257 e. The van der Waals surface area contributed by atoms with E-state index in [-0.39, 0.29) is 30.4 Å². The Balaban J connectivity index is 1.48. The molecule has 0 aromatic heterocycles. The number of ketones is 1. The minimum absolute atomic E-state index is 0.0733. The number of rotatable bonds is 10. The third kappa shape index (κ3) is 6.27. The molecule has 34 heavy (non-hydrogen) atoms. The molecule has 182 valence electrons. The highest BCUT2D eigenvalue weighted by atomic mass is 16.5. The third-order valence-electron chi connectivity index (χ3n) is 5.77. The summed E-state index contributed by atoms with van der Waals surface area (Å²) in [5.74, 6) is 1.49. The molecule has 0 unspecified atom stereocenters. The van der Waals surface area contributed by atoms with E-state index in [1.807, 2.05) is 6.92 Å². The summed E-state index contributed by atoms with van der Waals surface area (Å²) in [6.07, 6.45) is 1.21. The second-order valence-electron chi connectivity index (χ2n) is 8.04. The number of hydrogen-bond donors (Lipinski definition) is 0. The van der Waals surface area contributed by atoms with E-state index in [0.29, 0.717) is 55.4 Å². The summed E-state index contributed by atoms with van der Waals surface area (Å²) in [5.41, 5.74) is 1.03. The molecule has 1 fully saturated rings. The lowest BCUT2D eigenvalue weighted by atomic mass is 10.1. The number of piperazine rings is 1. The van der Waals surface area contributed by atoms with Crippen LogP contribution in [0.25, 0.3) is 0 Å². The number of Topliss-reactive ketones (excluding diaryl/α,β-unsaturated/α-hetero) is 1. The van der Waals surface area contributed by atoms with Gasteiger partial charge in [0.05, 0.1) is 26.4 Å². The molecule has 2 amide bonds. The monoisotopic (exact) mass is 468 g/mol. The van der Waals surface area contributed by atoms with E-state index < -0.39 is 0 Å². The second-order valence-corrected chi connectivity index (χ2v) is 8.04. The quantitative estimate of drug-likeness (QED) is 0.497. The zero-order valence-corrected chi connectivity index (χ0v) is 20.0. The highest BCUT2D eigenvalue weighted by Crippen LogP contribution is 2.26. The fourth-order valence-electron chi connectivity index (χ4n) is 3.78. The van der Waals surface area contributed by atoms with E-state index in [1.54, 1.807) is 59.4 Å². The lowest BCUT2D eigenvalue weighted by Crippen LogP contribution is -2.50. The van der Waals surface area contributed by atoms with Gasteiger partial charge in [0.25, 0.3) is 5.91 Å². The molecular weight excluding hydrogens is 436 g/mol. The molecule has 1 aliphatic rings. The van der Waals surface area contributed by atoms with Gasteiger partial charge in [-0.25, -0.2) is 0 Å². The Labute approximate surface area is 200 Å². The third-order valence-corrected chi connectivity index (χ3v) is 5.77. The van der Waals surface area contributed by atoms with Crippen molar-refractivity contribution in [1.82, 2.24) is 9.80 Å². The van der Waals surface area contributed by atoms with E-state index in [4.69, 9.17) is 14.2 Å². The second kappa shape index (κ2) is 12.1. The Morgan fingerprint density at radius 1 is 0.824 bits per heavy atom. The average Bonchev–Trinajstić information content (AvgIpc) is 2.89. The van der Waals surface area contributed by atoms with Crippen LogP contribution in [0.5, 0.6) is 17.2 Å². The molecule has 2 aromatic carbocycles. The van der Waals surface area contributed by atoms with Crippen molar-refractivity contribution in [2.24, 2.45) is 0 Å². The smallest absolute Gasteiger partial charge is 0.257 e. The van der Waals surface area contributed by atoms with Crippen LogP contribution in [-0.2, 0) is 4.79 Å². The zero-order chi connectivity index (χ0) is 24.5. The number of benzene rings is 2. The van der Waals surface area contributed by atoms with Crippen molar-refractivity contribution in [2.45, 2.75) is 26.2 Å². The van der Waals surface area contributed by atoms with Gasteiger partial charge >= 0.3 is 0 Å². The summed E-state index contributed by atoms with van der Waals surface area (Å²) in [6, 6.07) is 12.1. The molecule has 0 aliphatic carbocycles. The summed E-state index contributed by atoms with van der Waals surface area (Å²) in [6.45, 7) is 4.38. The van der Waals surface area contributed by atoms with Gasteiger partial charge in [-0.3, -0.25) is 14.4 Å². The number of ether oxygens (including phenoxy) is 3. The Morgan fingerprint density at radius 3 is 2.09 bits per heavy atom. The molecule has 0 bridgehead atoms. The van der Waals surface area contributed by atoms with Crippen molar-refractivity contribution in [3.63, 3.8) is 0 Å². The van der Waals surface area contributed by atoms with Gasteiger partial charge in [0.15, 0.2) is 5.78 Å². The van der Waals surface area contributed by atoms with E-state index in [2.05, 4.69) is 0 Å². The van der Waals surface area contributed by atoms with E-state index in [0.717, 1.165) is 12.2 Å². The van der Waals surface area contributed by atoms with Crippen LogP contribution in [0.1, 0.15) is 46.9 Å². The Kier molecular flexibility index (Phi) is 8.90. The molecular formula is C26H32N2O6. The molecule has 3 rings (SSSR count). The fourth-order valence-corrected chi connectivity index (χ4v) is 3.78. The van der Waals surface area contributed by atoms with Crippen LogP contribution in [0.3, 0.4) is 0 Å². The van der Waals surface area contributed by atoms with Crippen LogP contribution in [-0.4, -0.2) is 74.4 Å². The molecule has 0 atom stereocenters. The van der Waals surface area contributed by atoms with E-state index in [9.17, 15) is 14.4 Å². The van der Waals surface area contributed by atoms with Crippen molar-refractivity contribution in [3.05, 3.63) is 53.6 Å². The van der Waals surface area contributed by atoms with Gasteiger partial charge in [0.1, 0.15) is 17.2 Å². The molecule has 8 heteroatoms. The highest BCUT2D eigenvalue weighted by molar-refractivity contribution is 5.98. The molecule has 8 nitrogen and oxygen atoms in total. The van der Waals surface area contributed by atoms with Crippen molar-refractivity contribution in [1.29, 1.82) is 0 Å². The first-order chi connectivity index (χ1) is 16.5. The predicted octanol–water partition coefficient (Wildman–Crippen LogP) is 3.44. The molecule has 0 N–H and O–H groups in total. The number of carbonyl (C=O) groups is 3. The number of nitrogens with zero attached hydrogens (tertiary/aromatic N) is 2. The maximum atomic E-state index is 13.0. The topological polar surface area (TPSA) is 85.4 Å². The summed E-state index contributed by atoms with van der Waals surface area (Å²) in [4.78, 5) is 41.5. The number of methoxy groups -OCH3 is 2. The number of hydrogen-bond acceptors (Lipinski definition) is 6. The van der Waals surface area contributed by atoms with Gasteiger partial charge < -0.3 is 24.0 Å². The molecule has 2 aromatic rings. The molecule has 1 aliphatic heterocycles. The summed E-state index contributed by atoms with van der Waals surface area (Å²) < 4.78 is 16.1. The SMILES string of the molecule is CCCOc1ccc(C(=O)CCC(=O)N2CCN(C(=O)c3ccc(OC)cc3OC)CC2)cc1. The predicted molar refractivity (Wildman–Crippen MR) is 128 cm³/mol. The summed E-state index contributed by atoms with van der Waals surface area (Å²) in [5, 5.41) is 0. The molecule has 1 saturated heterocycles. The van der Waals surface area contributed by atoms with Crippen molar-refractivity contribution >= 4 is 17.6 Å². The van der Waals surface area contributed by atoms with Crippen LogP contribution in [0.2, 0.25) is 0 Å². The Morgan fingerprint density at radius 2 is 1.47 bits per heavy atom. The molecule has 0 saturated carbocycles. The van der Waals surface area contributed by atoms with Crippen molar-refractivity contribution in [3.8, 4) is 17.2 Å². The van der Waals surface area contributed by atoms with Gasteiger partial charge in [0.2, 0.25) is 5.91 Å². The lowest BCUT2D eigenvalue weighted by Gasteiger charge is -2.35. The largest absolute Gasteiger partial charge is 0.497 e. The van der Waals surface area contributed by atoms with Gasteiger partial charge in [-0.1, -0.05) is 6.92 Å². The first-order valence-electron chi connectivity index (χ1n) is 11.5. The van der Waals surface area contributed by atoms with Crippen molar-refractivity contribution in [2.75, 3.05) is 47.0 Å². The van der Waals surface area contributed by atoms with Crippen LogP contribution in [0.4, 0.5) is 0 Å². The fraction of sp³-hybridized carbons (Fsp3) is 0.423. The van der Waals surface area contributed by atoms with Gasteiger partial charge in [0, 0.05) is 50.7 Å². The van der Waals surface area contributed by atoms with Crippen LogP contribution in [0.15, 0.2) is 42.5 Å². The average molecular weight is 469 g/mol. The van der Waals surface area contributed by atoms with Crippen LogP contribution < -0.4 is 14.2 Å². The minimum atomic E-state index is -0.145. The summed E-state index contributed by atoms with van der Waals surface area (Å²) in [7, 11) is 3.07. The highest BCUT2D eigenvalue weighted by Gasteiger charge is 2.26. The van der Waals surface area contributed by atoms with E-state index >= 15 is 0 Å². The van der Waals surface area contributed by atoms with Gasteiger partial charge in [-0.15, -0.1) is 0 Å². The normalized spacial score (nSPS) is 13.4. The minimum Gasteiger partial charge on any atom is -0.497 e. The van der Waals surface area contributed by atoms with Gasteiger partial charge in [-0.2, -0.15) is 0 Å². The molecule has 0 radical (unpaired) electrons. The molecule has 1 heterocycles. The van der Waals surface area contributed by atoms with E-state index in [1.165, 1.54) is 7.11 Å². The zero-order valence-electron chi connectivity index (χ0n) is 20.0. The Bertz CT molecular complexity index is 997. The first kappa shape index (κ1) is 25.1. The number of amides is 2. The molecule has 0 spiro atoms. The van der Waals surface area contributed by atoms with Crippen LogP contribution in [0, 0.1) is 0 Å². The van der Waals surface area contributed by atoms with Crippen LogP contribution >= 0.6 is 0 Å². The summed E-state index contributed by atoms with van der Waals surface area (Å²) >= 11 is 0. The Hall–Kier alpha value is -3.55. The number of carbonyl (C=O) groups excluding carboxylic acids is 3. The first-order valence-corrected chi connectivity index (χ1v) is 11.5. The van der Waals surface area contributed by atoms with Crippen molar-refractivity contribution < 1.29 is 28.6 Å². The lowest BCUT2D eigenvalue weighted by molar-refractivity contribution is -0.132. The van der Waals surface area contributed by atoms with Gasteiger partial charge in [-0.05, 0) is 42.8 Å². The maximum absolute atomic E-state index is 13.0. The standard InChI is InChI=1S/C26H32N2O6/c1-4-17-34-20-7-5-19(6-8-20)23(29)11-12-25(30)27-13-15-28(16-14-27)26(31)22-10-9-21(32-2)18-24(22)33-3/h5-10,18H,4,11-17H2,1-3H3.